The molecule has 4 heteroatoms. The van der Waals surface area contributed by atoms with E-state index in [9.17, 15) is 5.11 Å². The number of aliphatic hydroxyl groups is 1. The van der Waals surface area contributed by atoms with Gasteiger partial charge in [0.25, 0.3) is 0 Å². The van der Waals surface area contributed by atoms with Gasteiger partial charge in [0.15, 0.2) is 11.5 Å². The first-order valence-electron chi connectivity index (χ1n) is 6.03. The Kier molecular flexibility index (Phi) is 4.02. The van der Waals surface area contributed by atoms with Gasteiger partial charge >= 0.3 is 0 Å². The van der Waals surface area contributed by atoms with Crippen molar-refractivity contribution in [2.75, 3.05) is 7.11 Å². The van der Waals surface area contributed by atoms with E-state index in [2.05, 4.69) is 4.98 Å². The van der Waals surface area contributed by atoms with Crippen molar-refractivity contribution in [1.29, 1.82) is 0 Å². The van der Waals surface area contributed by atoms with Crippen LogP contribution in [0.4, 0.5) is 0 Å². The van der Waals surface area contributed by atoms with Crippen molar-refractivity contribution < 1.29 is 14.6 Å². The number of aromatic nitrogens is 1. The highest BCUT2D eigenvalue weighted by Crippen LogP contribution is 2.31. The molecule has 1 N–H and O–H groups in total. The van der Waals surface area contributed by atoms with Crippen molar-refractivity contribution in [1.82, 2.24) is 4.98 Å². The minimum absolute atomic E-state index is 0.0370. The van der Waals surface area contributed by atoms with Gasteiger partial charge in [-0.15, -0.1) is 0 Å². The minimum Gasteiger partial charge on any atom is -0.493 e. The van der Waals surface area contributed by atoms with Crippen molar-refractivity contribution in [3.63, 3.8) is 0 Å². The lowest BCUT2D eigenvalue weighted by Crippen LogP contribution is -1.96. The summed E-state index contributed by atoms with van der Waals surface area (Å²) in [6.45, 7) is 3.81. The molecule has 0 bridgehead atoms. The molecule has 0 aliphatic carbocycles. The minimum atomic E-state index is -0.0370. The van der Waals surface area contributed by atoms with E-state index in [1.807, 2.05) is 38.1 Å². The maximum Gasteiger partial charge on any atom is 0.219 e. The molecule has 0 saturated heterocycles. The van der Waals surface area contributed by atoms with E-state index >= 15 is 0 Å². The van der Waals surface area contributed by atoms with Crippen molar-refractivity contribution in [2.24, 2.45) is 0 Å². The number of pyridine rings is 1. The van der Waals surface area contributed by atoms with Crippen molar-refractivity contribution in [2.45, 2.75) is 20.5 Å². The molecule has 0 unspecified atom stereocenters. The van der Waals surface area contributed by atoms with Crippen LogP contribution < -0.4 is 9.47 Å². The molecular formula is C15H17NO3. The van der Waals surface area contributed by atoms with E-state index in [0.717, 1.165) is 16.8 Å². The summed E-state index contributed by atoms with van der Waals surface area (Å²) in [7, 11) is 1.60. The number of nitrogens with zero attached hydrogens (tertiary/aromatic N) is 1. The molecule has 0 radical (unpaired) electrons. The van der Waals surface area contributed by atoms with Crippen LogP contribution in [0.3, 0.4) is 0 Å². The second-order valence-electron chi connectivity index (χ2n) is 4.37. The lowest BCUT2D eigenvalue weighted by Gasteiger charge is -2.11. The Balaban J connectivity index is 2.33. The maximum atomic E-state index is 9.18. The Morgan fingerprint density at radius 3 is 2.58 bits per heavy atom. The average molecular weight is 259 g/mol. The number of hydrogen-bond acceptors (Lipinski definition) is 4. The SMILES string of the molecule is COc1cc(C)ccc1Oc1cc(CO)cc(C)n1. The fourth-order valence-corrected chi connectivity index (χ4v) is 1.82. The van der Waals surface area contributed by atoms with E-state index in [1.54, 1.807) is 13.2 Å². The van der Waals surface area contributed by atoms with Crippen LogP contribution in [0.5, 0.6) is 17.4 Å². The monoisotopic (exact) mass is 259 g/mol. The highest BCUT2D eigenvalue weighted by atomic mass is 16.5. The molecule has 0 fully saturated rings. The number of benzene rings is 1. The highest BCUT2D eigenvalue weighted by molar-refractivity contribution is 5.44. The average Bonchev–Trinajstić information content (AvgIpc) is 2.40. The number of ether oxygens (including phenoxy) is 2. The molecule has 0 aliphatic rings. The van der Waals surface area contributed by atoms with Gasteiger partial charge in [0, 0.05) is 11.8 Å². The zero-order valence-electron chi connectivity index (χ0n) is 11.3. The van der Waals surface area contributed by atoms with E-state index in [4.69, 9.17) is 9.47 Å². The van der Waals surface area contributed by atoms with Crippen molar-refractivity contribution in [3.8, 4) is 17.4 Å². The number of rotatable bonds is 4. The first kappa shape index (κ1) is 13.4. The normalized spacial score (nSPS) is 10.3. The molecule has 0 atom stereocenters. The van der Waals surface area contributed by atoms with Gasteiger partial charge in [0.05, 0.1) is 13.7 Å². The summed E-state index contributed by atoms with van der Waals surface area (Å²) >= 11 is 0. The quantitative estimate of drug-likeness (QED) is 0.917. The summed E-state index contributed by atoms with van der Waals surface area (Å²) in [6.07, 6.45) is 0. The molecule has 1 aromatic heterocycles. The van der Waals surface area contributed by atoms with Gasteiger partial charge in [0.1, 0.15) is 0 Å². The molecule has 4 nitrogen and oxygen atoms in total. The number of hydrogen-bond donors (Lipinski definition) is 1. The van der Waals surface area contributed by atoms with E-state index < -0.39 is 0 Å². The van der Waals surface area contributed by atoms with Crippen LogP contribution in [0.25, 0.3) is 0 Å². The summed E-state index contributed by atoms with van der Waals surface area (Å²) in [5, 5.41) is 9.18. The van der Waals surface area contributed by atoms with Gasteiger partial charge < -0.3 is 14.6 Å². The third-order valence-electron chi connectivity index (χ3n) is 2.71. The van der Waals surface area contributed by atoms with Crippen LogP contribution in [0.15, 0.2) is 30.3 Å². The van der Waals surface area contributed by atoms with Gasteiger partial charge in [-0.25, -0.2) is 4.98 Å². The van der Waals surface area contributed by atoms with E-state index in [0.29, 0.717) is 17.4 Å². The van der Waals surface area contributed by atoms with Crippen LogP contribution in [-0.4, -0.2) is 17.2 Å². The summed E-state index contributed by atoms with van der Waals surface area (Å²) < 4.78 is 11.0. The maximum absolute atomic E-state index is 9.18. The fraction of sp³-hybridized carbons (Fsp3) is 0.267. The van der Waals surface area contributed by atoms with Crippen LogP contribution in [-0.2, 0) is 6.61 Å². The zero-order valence-corrected chi connectivity index (χ0v) is 11.3. The molecule has 0 saturated carbocycles. The summed E-state index contributed by atoms with van der Waals surface area (Å²) in [5.41, 5.74) is 2.67. The largest absolute Gasteiger partial charge is 0.493 e. The van der Waals surface area contributed by atoms with Gasteiger partial charge in [-0.3, -0.25) is 0 Å². The lowest BCUT2D eigenvalue weighted by molar-refractivity contribution is 0.280. The first-order chi connectivity index (χ1) is 9.12. The number of aryl methyl sites for hydroxylation is 2. The second-order valence-corrected chi connectivity index (χ2v) is 4.37. The molecule has 0 amide bonds. The lowest BCUT2D eigenvalue weighted by atomic mass is 10.2. The Labute approximate surface area is 112 Å². The molecule has 19 heavy (non-hydrogen) atoms. The smallest absolute Gasteiger partial charge is 0.219 e. The molecule has 1 aromatic carbocycles. The number of aliphatic hydroxyl groups excluding tert-OH is 1. The Morgan fingerprint density at radius 1 is 1.11 bits per heavy atom. The van der Waals surface area contributed by atoms with Gasteiger partial charge in [-0.2, -0.15) is 0 Å². The van der Waals surface area contributed by atoms with Crippen LogP contribution in [0, 0.1) is 13.8 Å². The Hall–Kier alpha value is -2.07. The second kappa shape index (κ2) is 5.71. The molecule has 2 aromatic rings. The fourth-order valence-electron chi connectivity index (χ4n) is 1.82. The Bertz CT molecular complexity index is 582. The third-order valence-corrected chi connectivity index (χ3v) is 2.71. The van der Waals surface area contributed by atoms with E-state index in [1.165, 1.54) is 0 Å². The molecular weight excluding hydrogens is 242 g/mol. The zero-order chi connectivity index (χ0) is 13.8. The summed E-state index contributed by atoms with van der Waals surface area (Å²) in [5.74, 6) is 1.72. The molecule has 100 valence electrons. The van der Waals surface area contributed by atoms with Crippen LogP contribution in [0.1, 0.15) is 16.8 Å². The van der Waals surface area contributed by atoms with Crippen molar-refractivity contribution in [3.05, 3.63) is 47.2 Å². The van der Waals surface area contributed by atoms with Crippen molar-refractivity contribution >= 4 is 0 Å². The third kappa shape index (κ3) is 3.23. The highest BCUT2D eigenvalue weighted by Gasteiger charge is 2.08. The Morgan fingerprint density at radius 2 is 1.89 bits per heavy atom. The first-order valence-corrected chi connectivity index (χ1v) is 6.03. The van der Waals surface area contributed by atoms with Gasteiger partial charge in [0.2, 0.25) is 5.88 Å². The summed E-state index contributed by atoms with van der Waals surface area (Å²) in [4.78, 5) is 4.29. The predicted octanol–water partition coefficient (Wildman–Crippen LogP) is 2.99. The van der Waals surface area contributed by atoms with Gasteiger partial charge in [-0.1, -0.05) is 6.07 Å². The van der Waals surface area contributed by atoms with Crippen LogP contribution >= 0.6 is 0 Å². The van der Waals surface area contributed by atoms with E-state index in [-0.39, 0.29) is 6.61 Å². The number of methoxy groups -OCH3 is 1. The topological polar surface area (TPSA) is 51.6 Å². The summed E-state index contributed by atoms with van der Waals surface area (Å²) in [6, 6.07) is 9.22. The van der Waals surface area contributed by atoms with Crippen LogP contribution in [0.2, 0.25) is 0 Å². The molecule has 0 spiro atoms. The molecule has 1 heterocycles. The standard InChI is InChI=1S/C15H17NO3/c1-10-4-5-13(14(6-10)18-3)19-15-8-12(9-17)7-11(2)16-15/h4-8,17H,9H2,1-3H3. The molecule has 2 rings (SSSR count). The predicted molar refractivity (Wildman–Crippen MR) is 72.7 cm³/mol. The van der Waals surface area contributed by atoms with Gasteiger partial charge in [-0.05, 0) is 43.2 Å². The molecule has 0 aliphatic heterocycles.